The first-order chi connectivity index (χ1) is 27.6. The summed E-state index contributed by atoms with van der Waals surface area (Å²) in [6.45, 7) is 4.40. The van der Waals surface area contributed by atoms with E-state index in [2.05, 4.69) is 13.8 Å². The second-order valence-electron chi connectivity index (χ2n) is 14.3. The van der Waals surface area contributed by atoms with Gasteiger partial charge in [0.15, 0.2) is 23.0 Å². The van der Waals surface area contributed by atoms with E-state index >= 15 is 0 Å². The maximum Gasteiger partial charge on any atom is 0.266 e. The molecule has 4 amide bonds. The van der Waals surface area contributed by atoms with Crippen molar-refractivity contribution in [1.82, 2.24) is 0 Å². The SMILES string of the molecule is CC(C)(c1ccc(Oc2ccc3c(c2)C(=O)N(c2ccc4c(c2)OCO4)C3=O)cc1)c1ccc(Oc2ccc3c(c2)C(=O)N(c2ccc4c(c2)OCO4)C3=O)cc1. The highest BCUT2D eigenvalue weighted by atomic mass is 16.7. The van der Waals surface area contributed by atoms with Crippen molar-refractivity contribution in [3.63, 3.8) is 0 Å². The molecule has 0 aromatic heterocycles. The van der Waals surface area contributed by atoms with Crippen LogP contribution in [0.1, 0.15) is 66.4 Å². The molecule has 0 bridgehead atoms. The van der Waals surface area contributed by atoms with Crippen LogP contribution >= 0.6 is 0 Å². The highest BCUT2D eigenvalue weighted by Crippen LogP contribution is 2.41. The Kier molecular flexibility index (Phi) is 7.58. The van der Waals surface area contributed by atoms with Crippen LogP contribution in [0, 0.1) is 0 Å². The van der Waals surface area contributed by atoms with Gasteiger partial charge in [-0.2, -0.15) is 0 Å². The molecule has 57 heavy (non-hydrogen) atoms. The molecule has 0 atom stereocenters. The Labute approximate surface area is 325 Å². The molecule has 0 unspecified atom stereocenters. The molecule has 4 aliphatic heterocycles. The second-order valence-corrected chi connectivity index (χ2v) is 14.3. The summed E-state index contributed by atoms with van der Waals surface area (Å²) in [5, 5.41) is 0. The average Bonchev–Trinajstić information content (AvgIpc) is 4.00. The molecular formula is C45H30N2O10. The summed E-state index contributed by atoms with van der Waals surface area (Å²) in [6.07, 6.45) is 0. The Hall–Kier alpha value is -7.60. The molecule has 0 spiro atoms. The predicted octanol–water partition coefficient (Wildman–Crippen LogP) is 8.66. The van der Waals surface area contributed by atoms with Gasteiger partial charge in [-0.3, -0.25) is 19.2 Å². The Morgan fingerprint density at radius 3 is 1.21 bits per heavy atom. The predicted molar refractivity (Wildman–Crippen MR) is 205 cm³/mol. The molecule has 6 aromatic carbocycles. The van der Waals surface area contributed by atoms with E-state index in [1.165, 1.54) is 0 Å². The average molecular weight is 759 g/mol. The monoisotopic (exact) mass is 758 g/mol. The van der Waals surface area contributed by atoms with Gasteiger partial charge >= 0.3 is 0 Å². The summed E-state index contributed by atoms with van der Waals surface area (Å²) in [5.41, 5.74) is 3.57. The minimum atomic E-state index is -0.447. The molecule has 4 heterocycles. The lowest BCUT2D eigenvalue weighted by Gasteiger charge is -2.26. The van der Waals surface area contributed by atoms with Crippen LogP contribution in [-0.4, -0.2) is 37.2 Å². The van der Waals surface area contributed by atoms with Gasteiger partial charge in [-0.15, -0.1) is 0 Å². The summed E-state index contributed by atoms with van der Waals surface area (Å²) in [6, 6.07) is 35.0. The van der Waals surface area contributed by atoms with Crippen LogP contribution in [-0.2, 0) is 5.41 Å². The zero-order valence-electron chi connectivity index (χ0n) is 30.4. The minimum absolute atomic E-state index is 0.0863. The maximum absolute atomic E-state index is 13.4. The molecule has 0 aliphatic carbocycles. The van der Waals surface area contributed by atoms with E-state index in [9.17, 15) is 19.2 Å². The molecule has 10 rings (SSSR count). The van der Waals surface area contributed by atoms with Gasteiger partial charge in [-0.25, -0.2) is 9.80 Å². The van der Waals surface area contributed by atoms with Crippen LogP contribution in [0.3, 0.4) is 0 Å². The highest BCUT2D eigenvalue weighted by Gasteiger charge is 2.39. The summed E-state index contributed by atoms with van der Waals surface area (Å²) in [4.78, 5) is 55.5. The zero-order valence-corrected chi connectivity index (χ0v) is 30.4. The van der Waals surface area contributed by atoms with Gasteiger partial charge in [0, 0.05) is 17.5 Å². The fourth-order valence-electron chi connectivity index (χ4n) is 7.40. The van der Waals surface area contributed by atoms with Gasteiger partial charge in [0.05, 0.1) is 33.6 Å². The molecule has 0 saturated heterocycles. The van der Waals surface area contributed by atoms with Crippen molar-refractivity contribution < 1.29 is 47.6 Å². The Balaban J connectivity index is 0.804. The van der Waals surface area contributed by atoms with Gasteiger partial charge in [0.2, 0.25) is 13.6 Å². The van der Waals surface area contributed by atoms with Crippen LogP contribution in [0.2, 0.25) is 0 Å². The number of hydrogen-bond acceptors (Lipinski definition) is 10. The molecule has 0 radical (unpaired) electrons. The van der Waals surface area contributed by atoms with Gasteiger partial charge in [0.1, 0.15) is 23.0 Å². The number of amides is 4. The largest absolute Gasteiger partial charge is 0.457 e. The standard InChI is InChI=1S/C45H30N2O10/c1-45(2,25-3-9-29(10-4-25)56-31-13-15-33-35(21-31)43(50)46(41(33)48)27-7-17-37-39(19-27)54-23-52-37)26-5-11-30(12-6-26)57-32-14-16-34-36(22-32)44(51)47(42(34)49)28-8-18-38-40(20-28)55-24-53-38/h3-22H,23-24H2,1-2H3. The van der Waals surface area contributed by atoms with Crippen molar-refractivity contribution in [2.24, 2.45) is 0 Å². The molecule has 4 aliphatic rings. The Morgan fingerprint density at radius 1 is 0.421 bits per heavy atom. The van der Waals surface area contributed by atoms with Gasteiger partial charge in [0.25, 0.3) is 23.6 Å². The Bertz CT molecular complexity index is 2520. The van der Waals surface area contributed by atoms with Crippen molar-refractivity contribution >= 4 is 35.0 Å². The molecular weight excluding hydrogens is 728 g/mol. The lowest BCUT2D eigenvalue weighted by molar-refractivity contribution is 0.0910. The maximum atomic E-state index is 13.4. The summed E-state index contributed by atoms with van der Waals surface area (Å²) < 4.78 is 33.8. The van der Waals surface area contributed by atoms with Gasteiger partial charge < -0.3 is 28.4 Å². The first-order valence-corrected chi connectivity index (χ1v) is 18.0. The van der Waals surface area contributed by atoms with E-state index in [-0.39, 0.29) is 24.7 Å². The third-order valence-corrected chi connectivity index (χ3v) is 10.6. The second kappa shape index (κ2) is 12.7. The van der Waals surface area contributed by atoms with Crippen LogP contribution in [0.15, 0.2) is 121 Å². The van der Waals surface area contributed by atoms with E-state index < -0.39 is 29.0 Å². The summed E-state index contributed by atoms with van der Waals surface area (Å²) in [5.74, 6) is 2.31. The molecule has 6 aromatic rings. The van der Waals surface area contributed by atoms with Gasteiger partial charge in [-0.1, -0.05) is 38.1 Å². The molecule has 12 nitrogen and oxygen atoms in total. The van der Waals surface area contributed by atoms with E-state index in [4.69, 9.17) is 28.4 Å². The lowest BCUT2D eigenvalue weighted by atomic mass is 9.78. The van der Waals surface area contributed by atoms with E-state index in [0.29, 0.717) is 68.5 Å². The van der Waals surface area contributed by atoms with Crippen molar-refractivity contribution in [3.05, 3.63) is 155 Å². The molecule has 12 heteroatoms. The lowest BCUT2D eigenvalue weighted by Crippen LogP contribution is -2.29. The number of carbonyl (C=O) groups is 4. The van der Waals surface area contributed by atoms with E-state index in [1.54, 1.807) is 72.8 Å². The zero-order chi connectivity index (χ0) is 39.0. The molecule has 0 fully saturated rings. The first kappa shape index (κ1) is 33.9. The topological polar surface area (TPSA) is 130 Å². The van der Waals surface area contributed by atoms with Crippen molar-refractivity contribution in [3.8, 4) is 46.0 Å². The van der Waals surface area contributed by atoms with Crippen LogP contribution in [0.25, 0.3) is 0 Å². The van der Waals surface area contributed by atoms with E-state index in [1.807, 2.05) is 48.5 Å². The number of fused-ring (bicyclic) bond motifs is 4. The number of benzene rings is 6. The number of anilines is 2. The third-order valence-electron chi connectivity index (χ3n) is 10.6. The first-order valence-electron chi connectivity index (χ1n) is 18.0. The van der Waals surface area contributed by atoms with Crippen LogP contribution in [0.5, 0.6) is 46.0 Å². The van der Waals surface area contributed by atoms with Crippen LogP contribution < -0.4 is 38.2 Å². The van der Waals surface area contributed by atoms with Crippen molar-refractivity contribution in [2.75, 3.05) is 23.4 Å². The molecule has 0 N–H and O–H groups in total. The quantitative estimate of drug-likeness (QED) is 0.139. The normalized spacial score (nSPS) is 15.0. The third kappa shape index (κ3) is 5.60. The van der Waals surface area contributed by atoms with Crippen LogP contribution in [0.4, 0.5) is 11.4 Å². The number of ether oxygens (including phenoxy) is 6. The number of rotatable bonds is 8. The molecule has 0 saturated carbocycles. The minimum Gasteiger partial charge on any atom is -0.457 e. The summed E-state index contributed by atoms with van der Waals surface area (Å²) in [7, 11) is 0. The summed E-state index contributed by atoms with van der Waals surface area (Å²) >= 11 is 0. The fourth-order valence-corrected chi connectivity index (χ4v) is 7.40. The number of imide groups is 2. The Morgan fingerprint density at radius 2 is 0.789 bits per heavy atom. The number of carbonyl (C=O) groups excluding carboxylic acids is 4. The number of nitrogens with zero attached hydrogens (tertiary/aromatic N) is 2. The number of hydrogen-bond donors (Lipinski definition) is 0. The van der Waals surface area contributed by atoms with Crippen molar-refractivity contribution in [1.29, 1.82) is 0 Å². The van der Waals surface area contributed by atoms with Gasteiger partial charge in [-0.05, 0) is 96.1 Å². The van der Waals surface area contributed by atoms with Crippen molar-refractivity contribution in [2.45, 2.75) is 19.3 Å². The molecule has 280 valence electrons. The van der Waals surface area contributed by atoms with E-state index in [0.717, 1.165) is 20.9 Å². The highest BCUT2D eigenvalue weighted by molar-refractivity contribution is 6.35. The smallest absolute Gasteiger partial charge is 0.266 e. The fraction of sp³-hybridized carbons (Fsp3) is 0.111.